The highest BCUT2D eigenvalue weighted by molar-refractivity contribution is 6.30. The number of halogens is 1. The van der Waals surface area contributed by atoms with Crippen molar-refractivity contribution in [1.29, 1.82) is 0 Å². The zero-order valence-corrected chi connectivity index (χ0v) is 11.2. The number of nitrogens with zero attached hydrogens (tertiary/aromatic N) is 1. The molecule has 98 valence electrons. The van der Waals surface area contributed by atoms with Crippen LogP contribution in [0.15, 0.2) is 24.3 Å². The summed E-state index contributed by atoms with van der Waals surface area (Å²) in [6.45, 7) is 3.64. The molecule has 0 amide bonds. The molecule has 3 nitrogen and oxygen atoms in total. The van der Waals surface area contributed by atoms with Gasteiger partial charge in [0.2, 0.25) is 0 Å². The van der Waals surface area contributed by atoms with Crippen LogP contribution in [0.25, 0.3) is 0 Å². The minimum atomic E-state index is -0.677. The van der Waals surface area contributed by atoms with Gasteiger partial charge in [0.15, 0.2) is 0 Å². The van der Waals surface area contributed by atoms with Crippen LogP contribution in [0.3, 0.4) is 0 Å². The van der Waals surface area contributed by atoms with Crippen LogP contribution in [0.4, 0.5) is 0 Å². The summed E-state index contributed by atoms with van der Waals surface area (Å²) in [5.74, 6) is -0.894. The number of benzene rings is 1. The van der Waals surface area contributed by atoms with Gasteiger partial charge in [0.05, 0.1) is 5.92 Å². The van der Waals surface area contributed by atoms with E-state index in [1.165, 1.54) is 5.56 Å². The molecule has 18 heavy (non-hydrogen) atoms. The van der Waals surface area contributed by atoms with E-state index >= 15 is 0 Å². The molecular formula is C14H18ClNO2. The molecule has 0 radical (unpaired) electrons. The Labute approximate surface area is 112 Å². The normalized spacial score (nSPS) is 22.0. The zero-order valence-electron chi connectivity index (χ0n) is 10.5. The zero-order chi connectivity index (χ0) is 13.1. The van der Waals surface area contributed by atoms with Crippen LogP contribution in [0.5, 0.6) is 0 Å². The topological polar surface area (TPSA) is 40.5 Å². The molecule has 1 aliphatic heterocycles. The van der Waals surface area contributed by atoms with Gasteiger partial charge in [-0.05, 0) is 37.1 Å². The molecule has 1 aliphatic rings. The predicted octanol–water partition coefficient (Wildman–Crippen LogP) is 3.20. The van der Waals surface area contributed by atoms with Crippen LogP contribution in [-0.4, -0.2) is 29.1 Å². The number of carboxylic acids is 1. The maximum atomic E-state index is 11.0. The molecule has 2 rings (SSSR count). The number of aliphatic carboxylic acids is 1. The minimum absolute atomic E-state index is 0.216. The molecule has 0 aromatic heterocycles. The van der Waals surface area contributed by atoms with Gasteiger partial charge in [-0.2, -0.15) is 0 Å². The Morgan fingerprint density at radius 2 is 2.17 bits per heavy atom. The van der Waals surface area contributed by atoms with E-state index in [4.69, 9.17) is 16.7 Å². The van der Waals surface area contributed by atoms with E-state index in [-0.39, 0.29) is 5.92 Å². The van der Waals surface area contributed by atoms with Gasteiger partial charge in [-0.25, -0.2) is 0 Å². The number of carboxylic acid groups (broad SMARTS) is 1. The van der Waals surface area contributed by atoms with Crippen molar-refractivity contribution in [2.24, 2.45) is 5.92 Å². The Bertz CT molecular complexity index is 418. The maximum absolute atomic E-state index is 11.0. The van der Waals surface area contributed by atoms with Crippen LogP contribution >= 0.6 is 11.6 Å². The van der Waals surface area contributed by atoms with Crippen LogP contribution in [0.1, 0.15) is 31.4 Å². The van der Waals surface area contributed by atoms with Crippen LogP contribution in [0.2, 0.25) is 5.02 Å². The standard InChI is InChI=1S/C14H18ClNO2/c1-2-13(10-3-5-12(15)6-4-10)16-8-7-11(9-16)14(17)18/h3-6,11,13H,2,7-9H2,1H3,(H,17,18)/t11-,13+/m1/s1. The molecular weight excluding hydrogens is 250 g/mol. The van der Waals surface area contributed by atoms with Crippen LogP contribution in [0, 0.1) is 5.92 Å². The van der Waals surface area contributed by atoms with E-state index in [0.717, 1.165) is 24.4 Å². The van der Waals surface area contributed by atoms with Gasteiger partial charge in [-0.3, -0.25) is 9.69 Å². The first kappa shape index (κ1) is 13.4. The third-order valence-electron chi connectivity index (χ3n) is 3.65. The summed E-state index contributed by atoms with van der Waals surface area (Å²) < 4.78 is 0. The molecule has 4 heteroatoms. The van der Waals surface area contributed by atoms with Crippen molar-refractivity contribution in [1.82, 2.24) is 4.90 Å². The number of hydrogen-bond acceptors (Lipinski definition) is 2. The second kappa shape index (κ2) is 5.72. The first-order valence-corrected chi connectivity index (χ1v) is 6.72. The quantitative estimate of drug-likeness (QED) is 0.911. The van der Waals surface area contributed by atoms with Gasteiger partial charge in [-0.15, -0.1) is 0 Å². The fourth-order valence-electron chi connectivity index (χ4n) is 2.66. The van der Waals surface area contributed by atoms with Crippen molar-refractivity contribution in [3.05, 3.63) is 34.9 Å². The molecule has 2 atom stereocenters. The Morgan fingerprint density at radius 1 is 1.50 bits per heavy atom. The first-order chi connectivity index (χ1) is 8.61. The van der Waals surface area contributed by atoms with E-state index in [1.54, 1.807) is 0 Å². The lowest BCUT2D eigenvalue weighted by Crippen LogP contribution is -2.27. The molecule has 0 aliphatic carbocycles. The molecule has 0 unspecified atom stereocenters. The fourth-order valence-corrected chi connectivity index (χ4v) is 2.79. The van der Waals surface area contributed by atoms with Crippen molar-refractivity contribution in [3.8, 4) is 0 Å². The van der Waals surface area contributed by atoms with Gasteiger partial charge < -0.3 is 5.11 Å². The molecule has 1 heterocycles. The third-order valence-corrected chi connectivity index (χ3v) is 3.90. The van der Waals surface area contributed by atoms with E-state index in [0.29, 0.717) is 12.6 Å². The van der Waals surface area contributed by atoms with Crippen molar-refractivity contribution in [2.45, 2.75) is 25.8 Å². The van der Waals surface area contributed by atoms with Gasteiger partial charge in [-0.1, -0.05) is 30.7 Å². The SMILES string of the molecule is CC[C@@H](c1ccc(Cl)cc1)N1CC[C@@H](C(=O)O)C1. The van der Waals surface area contributed by atoms with E-state index in [9.17, 15) is 4.79 Å². The summed E-state index contributed by atoms with van der Waals surface area (Å²) in [4.78, 5) is 13.3. The number of hydrogen-bond donors (Lipinski definition) is 1. The third kappa shape index (κ3) is 2.85. The van der Waals surface area contributed by atoms with Gasteiger partial charge in [0.25, 0.3) is 0 Å². The van der Waals surface area contributed by atoms with E-state index in [1.807, 2.05) is 24.3 Å². The average Bonchev–Trinajstić information content (AvgIpc) is 2.82. The van der Waals surface area contributed by atoms with Crippen molar-refractivity contribution in [2.75, 3.05) is 13.1 Å². The first-order valence-electron chi connectivity index (χ1n) is 6.34. The Morgan fingerprint density at radius 3 is 2.67 bits per heavy atom. The lowest BCUT2D eigenvalue weighted by atomic mass is 10.0. The Hall–Kier alpha value is -1.06. The number of likely N-dealkylation sites (tertiary alicyclic amines) is 1. The summed E-state index contributed by atoms with van der Waals surface area (Å²) >= 11 is 5.89. The van der Waals surface area contributed by atoms with E-state index < -0.39 is 5.97 Å². The second-order valence-electron chi connectivity index (χ2n) is 4.79. The minimum Gasteiger partial charge on any atom is -0.481 e. The lowest BCUT2D eigenvalue weighted by molar-refractivity contribution is -0.141. The smallest absolute Gasteiger partial charge is 0.307 e. The lowest BCUT2D eigenvalue weighted by Gasteiger charge is -2.27. The molecule has 1 aromatic rings. The Balaban J connectivity index is 2.10. The summed E-state index contributed by atoms with van der Waals surface area (Å²) in [7, 11) is 0. The Kier molecular flexibility index (Phi) is 4.25. The highest BCUT2D eigenvalue weighted by Crippen LogP contribution is 2.30. The highest BCUT2D eigenvalue weighted by atomic mass is 35.5. The molecule has 0 spiro atoms. The van der Waals surface area contributed by atoms with Crippen molar-refractivity contribution >= 4 is 17.6 Å². The molecule has 1 saturated heterocycles. The summed E-state index contributed by atoms with van der Waals surface area (Å²) in [5.41, 5.74) is 1.22. The van der Waals surface area contributed by atoms with Crippen LogP contribution < -0.4 is 0 Å². The maximum Gasteiger partial charge on any atom is 0.307 e. The fraction of sp³-hybridized carbons (Fsp3) is 0.500. The number of carbonyl (C=O) groups is 1. The molecule has 0 saturated carbocycles. The average molecular weight is 268 g/mol. The molecule has 1 N–H and O–H groups in total. The van der Waals surface area contributed by atoms with Crippen LogP contribution in [-0.2, 0) is 4.79 Å². The van der Waals surface area contributed by atoms with E-state index in [2.05, 4.69) is 11.8 Å². The second-order valence-corrected chi connectivity index (χ2v) is 5.23. The van der Waals surface area contributed by atoms with Gasteiger partial charge in [0, 0.05) is 17.6 Å². The molecule has 0 bridgehead atoms. The number of rotatable bonds is 4. The highest BCUT2D eigenvalue weighted by Gasteiger charge is 2.31. The summed E-state index contributed by atoms with van der Waals surface area (Å²) in [5, 5.41) is 9.78. The summed E-state index contributed by atoms with van der Waals surface area (Å²) in [6.07, 6.45) is 1.73. The van der Waals surface area contributed by atoms with Gasteiger partial charge >= 0.3 is 5.97 Å². The molecule has 1 fully saturated rings. The van der Waals surface area contributed by atoms with Crippen molar-refractivity contribution < 1.29 is 9.90 Å². The van der Waals surface area contributed by atoms with Gasteiger partial charge in [0.1, 0.15) is 0 Å². The summed E-state index contributed by atoms with van der Waals surface area (Å²) in [6, 6.07) is 8.15. The largest absolute Gasteiger partial charge is 0.481 e. The molecule has 1 aromatic carbocycles. The predicted molar refractivity (Wildman–Crippen MR) is 71.8 cm³/mol. The monoisotopic (exact) mass is 267 g/mol. The van der Waals surface area contributed by atoms with Crippen molar-refractivity contribution in [3.63, 3.8) is 0 Å².